The quantitative estimate of drug-likeness (QED) is 0.303. The first kappa shape index (κ1) is 16.0. The molecule has 5 nitrogen and oxygen atoms in total. The van der Waals surface area contributed by atoms with E-state index in [9.17, 15) is 9.59 Å². The molecule has 0 bridgehead atoms. The third kappa shape index (κ3) is 6.24. The Morgan fingerprint density at radius 1 is 1.39 bits per heavy atom. The number of halogens is 1. The van der Waals surface area contributed by atoms with Crippen molar-refractivity contribution >= 4 is 42.3 Å². The molecular weight excluding hydrogens is 369 g/mol. The fourth-order valence-corrected chi connectivity index (χ4v) is 2.67. The lowest BCUT2D eigenvalue weighted by molar-refractivity contribution is -0.150. The zero-order valence-electron chi connectivity index (χ0n) is 10.4. The Hall–Kier alpha value is -0.0200. The van der Waals surface area contributed by atoms with Gasteiger partial charge in [-0.2, -0.15) is 0 Å². The van der Waals surface area contributed by atoms with E-state index < -0.39 is 5.97 Å². The van der Waals surface area contributed by atoms with Crippen molar-refractivity contribution < 1.29 is 18.5 Å². The van der Waals surface area contributed by atoms with Crippen LogP contribution >= 0.6 is 30.4 Å². The normalized spacial score (nSPS) is 16.7. The van der Waals surface area contributed by atoms with E-state index in [0.29, 0.717) is 5.92 Å². The molecule has 1 aliphatic heterocycles. The fourth-order valence-electron chi connectivity index (χ4n) is 1.97. The van der Waals surface area contributed by atoms with Gasteiger partial charge in [0.1, 0.15) is 0 Å². The lowest BCUT2D eigenvalue weighted by Gasteiger charge is -2.31. The van der Waals surface area contributed by atoms with Crippen molar-refractivity contribution in [3.05, 3.63) is 0 Å². The molecule has 1 fully saturated rings. The van der Waals surface area contributed by atoms with Crippen molar-refractivity contribution in [3.63, 3.8) is 0 Å². The SMILES string of the molecule is CC(=O)OCC(=O)N1CCC(CCOSI)CC1. The fraction of sp³-hybridized carbons (Fsp3) is 0.818. The number of hydrogen-bond acceptors (Lipinski definition) is 5. The van der Waals surface area contributed by atoms with Crippen molar-refractivity contribution in [1.82, 2.24) is 4.90 Å². The number of rotatable bonds is 6. The zero-order valence-corrected chi connectivity index (χ0v) is 13.4. The smallest absolute Gasteiger partial charge is 0.303 e. The number of ether oxygens (including phenoxy) is 1. The number of piperidine rings is 1. The van der Waals surface area contributed by atoms with Gasteiger partial charge in [0, 0.05) is 41.2 Å². The first-order valence-electron chi connectivity index (χ1n) is 5.95. The Bertz CT molecular complexity index is 282. The maximum absolute atomic E-state index is 11.7. The van der Waals surface area contributed by atoms with Crippen LogP contribution in [0.4, 0.5) is 0 Å². The molecule has 1 amide bonds. The van der Waals surface area contributed by atoms with Crippen LogP contribution in [0.25, 0.3) is 0 Å². The Balaban J connectivity index is 2.18. The monoisotopic (exact) mass is 387 g/mol. The number of esters is 1. The third-order valence-corrected chi connectivity index (χ3v) is 4.04. The molecule has 0 aliphatic carbocycles. The number of amides is 1. The van der Waals surface area contributed by atoms with E-state index in [1.54, 1.807) is 4.90 Å². The Morgan fingerprint density at radius 2 is 2.06 bits per heavy atom. The standard InChI is InChI=1S/C11H18INO4S/c1-9(14)16-8-11(15)13-5-2-10(3-6-13)4-7-17-18-12/h10H,2-8H2,1H3. The van der Waals surface area contributed by atoms with Gasteiger partial charge >= 0.3 is 5.97 Å². The molecule has 1 heterocycles. The van der Waals surface area contributed by atoms with Gasteiger partial charge in [-0.1, -0.05) is 0 Å². The molecule has 7 heteroatoms. The molecule has 0 aromatic rings. The molecule has 0 unspecified atom stereocenters. The molecular formula is C11H18INO4S. The minimum atomic E-state index is -0.410. The van der Waals surface area contributed by atoms with Crippen molar-refractivity contribution in [2.75, 3.05) is 26.3 Å². The Morgan fingerprint density at radius 3 is 2.61 bits per heavy atom. The number of nitrogens with zero attached hydrogens (tertiary/aromatic N) is 1. The van der Waals surface area contributed by atoms with Gasteiger partial charge in [-0.3, -0.25) is 9.59 Å². The molecule has 0 aromatic carbocycles. The van der Waals surface area contributed by atoms with Crippen molar-refractivity contribution in [2.24, 2.45) is 5.92 Å². The van der Waals surface area contributed by atoms with Crippen molar-refractivity contribution in [3.8, 4) is 0 Å². The van der Waals surface area contributed by atoms with E-state index >= 15 is 0 Å². The van der Waals surface area contributed by atoms with Crippen molar-refractivity contribution in [2.45, 2.75) is 26.2 Å². The second-order valence-electron chi connectivity index (χ2n) is 4.28. The van der Waals surface area contributed by atoms with Crippen LogP contribution in [0, 0.1) is 5.92 Å². The van der Waals surface area contributed by atoms with E-state index in [-0.39, 0.29) is 12.5 Å². The van der Waals surface area contributed by atoms with E-state index in [1.807, 2.05) is 0 Å². The van der Waals surface area contributed by atoms with Crippen molar-refractivity contribution in [1.29, 1.82) is 0 Å². The Labute approximate surface area is 124 Å². The van der Waals surface area contributed by atoms with Crippen LogP contribution in [-0.4, -0.2) is 43.1 Å². The maximum Gasteiger partial charge on any atom is 0.303 e. The molecule has 104 valence electrons. The molecule has 0 N–H and O–H groups in total. The molecule has 1 rings (SSSR count). The zero-order chi connectivity index (χ0) is 13.4. The lowest BCUT2D eigenvalue weighted by Crippen LogP contribution is -2.40. The molecule has 0 saturated carbocycles. The second kappa shape index (κ2) is 8.98. The minimum absolute atomic E-state index is 0.0947. The average molecular weight is 387 g/mol. The summed E-state index contributed by atoms with van der Waals surface area (Å²) in [7, 11) is 1.36. The van der Waals surface area contributed by atoms with E-state index in [2.05, 4.69) is 21.2 Å². The van der Waals surface area contributed by atoms with Crippen LogP contribution in [0.15, 0.2) is 0 Å². The van der Waals surface area contributed by atoms with Gasteiger partial charge in [0.25, 0.3) is 5.91 Å². The van der Waals surface area contributed by atoms with Crippen LogP contribution < -0.4 is 0 Å². The van der Waals surface area contributed by atoms with E-state index in [1.165, 1.54) is 16.1 Å². The van der Waals surface area contributed by atoms with Gasteiger partial charge < -0.3 is 13.8 Å². The van der Waals surface area contributed by atoms with Crippen LogP contribution in [0.3, 0.4) is 0 Å². The number of likely N-dealkylation sites (tertiary alicyclic amines) is 1. The highest BCUT2D eigenvalue weighted by molar-refractivity contribution is 14.2. The van der Waals surface area contributed by atoms with E-state index in [4.69, 9.17) is 8.92 Å². The Kier molecular flexibility index (Phi) is 8.00. The van der Waals surface area contributed by atoms with Gasteiger partial charge in [0.05, 0.1) is 15.8 Å². The average Bonchev–Trinajstić information content (AvgIpc) is 2.37. The molecule has 18 heavy (non-hydrogen) atoms. The molecule has 0 atom stereocenters. The largest absolute Gasteiger partial charge is 0.456 e. The molecule has 1 saturated heterocycles. The highest BCUT2D eigenvalue weighted by Crippen LogP contribution is 2.22. The molecule has 0 aromatic heterocycles. The molecule has 0 spiro atoms. The van der Waals surface area contributed by atoms with Crippen LogP contribution in [0.1, 0.15) is 26.2 Å². The summed E-state index contributed by atoms with van der Waals surface area (Å²) >= 11 is 2.11. The summed E-state index contributed by atoms with van der Waals surface area (Å²) in [6.45, 7) is 3.45. The number of carbonyl (C=O) groups is 2. The number of hydrogen-bond donors (Lipinski definition) is 0. The summed E-state index contributed by atoms with van der Waals surface area (Å²) in [5, 5.41) is 0. The summed E-state index contributed by atoms with van der Waals surface area (Å²) in [4.78, 5) is 24.1. The number of carbonyl (C=O) groups excluding carboxylic acids is 2. The highest BCUT2D eigenvalue weighted by atomic mass is 127. The first-order chi connectivity index (χ1) is 8.63. The third-order valence-electron chi connectivity index (χ3n) is 3.02. The van der Waals surface area contributed by atoms with E-state index in [0.717, 1.165) is 39.0 Å². The summed E-state index contributed by atoms with van der Waals surface area (Å²) in [6.07, 6.45) is 3.05. The van der Waals surface area contributed by atoms with Gasteiger partial charge in [-0.25, -0.2) is 0 Å². The minimum Gasteiger partial charge on any atom is -0.456 e. The summed E-state index contributed by atoms with van der Waals surface area (Å²) in [5.41, 5.74) is 0. The van der Waals surface area contributed by atoms with Crippen LogP contribution in [-0.2, 0) is 18.5 Å². The lowest BCUT2D eigenvalue weighted by atomic mass is 9.94. The van der Waals surface area contributed by atoms with Gasteiger partial charge in [-0.15, -0.1) is 0 Å². The predicted molar refractivity (Wildman–Crippen MR) is 78.1 cm³/mol. The summed E-state index contributed by atoms with van der Waals surface area (Å²) < 4.78 is 9.95. The summed E-state index contributed by atoms with van der Waals surface area (Å²) in [6, 6.07) is 0. The first-order valence-corrected chi connectivity index (χ1v) is 9.23. The maximum atomic E-state index is 11.7. The predicted octanol–water partition coefficient (Wildman–Crippen LogP) is 2.19. The van der Waals surface area contributed by atoms with Crippen LogP contribution in [0.2, 0.25) is 0 Å². The van der Waals surface area contributed by atoms with Gasteiger partial charge in [0.15, 0.2) is 6.61 Å². The highest BCUT2D eigenvalue weighted by Gasteiger charge is 2.22. The van der Waals surface area contributed by atoms with Crippen LogP contribution in [0.5, 0.6) is 0 Å². The molecule has 0 radical (unpaired) electrons. The van der Waals surface area contributed by atoms with Gasteiger partial charge in [0.2, 0.25) is 0 Å². The second-order valence-corrected chi connectivity index (χ2v) is 5.72. The topological polar surface area (TPSA) is 55.8 Å². The van der Waals surface area contributed by atoms with Gasteiger partial charge in [-0.05, 0) is 25.2 Å². The summed E-state index contributed by atoms with van der Waals surface area (Å²) in [5.74, 6) is 0.126. The molecule has 1 aliphatic rings.